The van der Waals surface area contributed by atoms with Gasteiger partial charge in [-0.25, -0.2) is 4.42 Å². The van der Waals surface area contributed by atoms with Crippen LogP contribution in [-0.2, 0) is 0 Å². The predicted molar refractivity (Wildman–Crippen MR) is 165 cm³/mol. The Morgan fingerprint density at radius 2 is 1.29 bits per heavy atom. The average Bonchev–Trinajstić information content (AvgIpc) is 2.98. The van der Waals surface area contributed by atoms with Gasteiger partial charge in [-0.3, -0.25) is 0 Å². The van der Waals surface area contributed by atoms with E-state index in [1.165, 1.54) is 18.4 Å². The zero-order valence-electron chi connectivity index (χ0n) is 24.3. The van der Waals surface area contributed by atoms with E-state index in [0.29, 0.717) is 13.2 Å². The van der Waals surface area contributed by atoms with Gasteiger partial charge in [0, 0.05) is 11.6 Å². The molecule has 3 nitrogen and oxygen atoms in total. The van der Waals surface area contributed by atoms with Crippen molar-refractivity contribution in [2.45, 2.75) is 46.5 Å². The Kier molecular flexibility index (Phi) is 12.7. The minimum Gasteiger partial charge on any atom is -0.490 e. The summed E-state index contributed by atoms with van der Waals surface area (Å²) in [7, 11) is -6.00. The van der Waals surface area contributed by atoms with Gasteiger partial charge in [0.15, 0.2) is 11.5 Å². The summed E-state index contributed by atoms with van der Waals surface area (Å²) in [6.45, 7) is 7.42. The Labute approximate surface area is 245 Å². The molecule has 0 unspecified atom stereocenters. The van der Waals surface area contributed by atoms with Crippen LogP contribution in [0.1, 0.15) is 57.8 Å². The quantitative estimate of drug-likeness (QED) is 0.0723. The van der Waals surface area contributed by atoms with E-state index in [2.05, 4.69) is 73.7 Å². The third kappa shape index (κ3) is 10.7. The lowest BCUT2D eigenvalue weighted by Crippen LogP contribution is -2.02. The maximum atomic E-state index is 9.75. The summed E-state index contributed by atoms with van der Waals surface area (Å²) in [5, 5.41) is 0. The van der Waals surface area contributed by atoms with Crippen molar-refractivity contribution in [2.24, 2.45) is 0 Å². The van der Waals surface area contributed by atoms with Gasteiger partial charge in [-0.15, -0.1) is 0 Å². The SMILES string of the molecule is CCCCCC(=Cc1cc(-c2ccccc2)cc(-c2ccccc2)[o+]1)c1ccc(OCC)c(OCC)c1.F[B-](F)(F)F. The topological polar surface area (TPSA) is 29.8 Å². The van der Waals surface area contributed by atoms with Crippen molar-refractivity contribution in [3.05, 3.63) is 102 Å². The molecule has 0 fully saturated rings. The van der Waals surface area contributed by atoms with Crippen LogP contribution in [0.25, 0.3) is 34.1 Å². The van der Waals surface area contributed by atoms with Gasteiger partial charge >= 0.3 is 18.8 Å². The van der Waals surface area contributed by atoms with Crippen molar-refractivity contribution in [3.8, 4) is 33.9 Å². The first-order valence-electron chi connectivity index (χ1n) is 14.3. The first-order valence-corrected chi connectivity index (χ1v) is 14.3. The molecule has 0 aliphatic heterocycles. The Hall–Kier alpha value is -4.07. The van der Waals surface area contributed by atoms with Crippen molar-refractivity contribution in [3.63, 3.8) is 0 Å². The van der Waals surface area contributed by atoms with Gasteiger partial charge < -0.3 is 26.7 Å². The third-order valence-corrected chi connectivity index (χ3v) is 6.26. The smallest absolute Gasteiger partial charge is 0.490 e. The van der Waals surface area contributed by atoms with Crippen LogP contribution in [0, 0.1) is 0 Å². The lowest BCUT2D eigenvalue weighted by atomic mass is 9.97. The Morgan fingerprint density at radius 1 is 0.690 bits per heavy atom. The molecule has 0 aliphatic rings. The largest absolute Gasteiger partial charge is 0.673 e. The minimum atomic E-state index is -6.00. The monoisotopic (exact) mass is 580 g/mol. The van der Waals surface area contributed by atoms with Crippen LogP contribution in [0.5, 0.6) is 11.5 Å². The van der Waals surface area contributed by atoms with Crippen molar-refractivity contribution >= 4 is 18.9 Å². The lowest BCUT2D eigenvalue weighted by Gasteiger charge is -2.14. The van der Waals surface area contributed by atoms with Gasteiger partial charge in [0.2, 0.25) is 0 Å². The Morgan fingerprint density at radius 3 is 1.88 bits per heavy atom. The molecule has 0 bridgehead atoms. The number of benzene rings is 3. The predicted octanol–water partition coefficient (Wildman–Crippen LogP) is 11.1. The molecule has 0 atom stereocenters. The number of allylic oxidation sites excluding steroid dienone is 1. The number of hydrogen-bond acceptors (Lipinski definition) is 2. The van der Waals surface area contributed by atoms with E-state index in [1.54, 1.807) is 0 Å². The van der Waals surface area contributed by atoms with Gasteiger partial charge in [-0.05, 0) is 67.7 Å². The van der Waals surface area contributed by atoms with Crippen molar-refractivity contribution < 1.29 is 31.2 Å². The van der Waals surface area contributed by atoms with Gasteiger partial charge in [-0.1, -0.05) is 74.4 Å². The molecule has 8 heteroatoms. The van der Waals surface area contributed by atoms with E-state index in [1.807, 2.05) is 44.2 Å². The molecule has 222 valence electrons. The summed E-state index contributed by atoms with van der Waals surface area (Å²) in [6.07, 6.45) is 6.62. The zero-order chi connectivity index (χ0) is 30.4. The molecule has 1 heterocycles. The number of hydrogen-bond donors (Lipinski definition) is 0. The molecule has 0 N–H and O–H groups in total. The van der Waals surface area contributed by atoms with E-state index in [0.717, 1.165) is 58.1 Å². The molecule has 0 spiro atoms. The first kappa shape index (κ1) is 32.4. The molecule has 0 saturated heterocycles. The van der Waals surface area contributed by atoms with E-state index in [9.17, 15) is 17.3 Å². The van der Waals surface area contributed by atoms with Gasteiger partial charge in [0.1, 0.15) is 0 Å². The van der Waals surface area contributed by atoms with Crippen molar-refractivity contribution in [1.82, 2.24) is 0 Å². The highest BCUT2D eigenvalue weighted by molar-refractivity contribution is 6.50. The molecule has 0 saturated carbocycles. The fraction of sp³-hybridized carbons (Fsp3) is 0.265. The van der Waals surface area contributed by atoms with Crippen LogP contribution in [0.2, 0.25) is 0 Å². The summed E-state index contributed by atoms with van der Waals surface area (Å²) >= 11 is 0. The van der Waals surface area contributed by atoms with Crippen LogP contribution in [0.3, 0.4) is 0 Å². The van der Waals surface area contributed by atoms with Crippen LogP contribution >= 0.6 is 0 Å². The standard InChI is InChI=1S/C34H37O3.BF4/c1-4-7-10-19-28(29-20-21-32(35-5-2)34(24-29)36-6-3)22-31-23-30(26-15-11-8-12-16-26)25-33(37-31)27-17-13-9-14-18-27;2-1(3,4)5/h8-9,11-18,20-25H,4-7,10,19H2,1-3H3;/q+1;-1. The highest BCUT2D eigenvalue weighted by Crippen LogP contribution is 2.35. The molecular formula is C34H37BF4O3. The fourth-order valence-electron chi connectivity index (χ4n) is 4.42. The first-order chi connectivity index (χ1) is 20.2. The third-order valence-electron chi connectivity index (χ3n) is 6.26. The van der Waals surface area contributed by atoms with E-state index < -0.39 is 7.25 Å². The van der Waals surface area contributed by atoms with Crippen molar-refractivity contribution in [1.29, 1.82) is 0 Å². The van der Waals surface area contributed by atoms with Crippen LogP contribution in [0.15, 0.2) is 95.4 Å². The van der Waals surface area contributed by atoms with Crippen LogP contribution in [0.4, 0.5) is 17.3 Å². The summed E-state index contributed by atoms with van der Waals surface area (Å²) in [4.78, 5) is 0. The second kappa shape index (κ2) is 16.4. The van der Waals surface area contributed by atoms with Gasteiger partial charge in [0.25, 0.3) is 0 Å². The molecule has 0 amide bonds. The maximum Gasteiger partial charge on any atom is 0.673 e. The minimum absolute atomic E-state index is 0.591. The Balaban J connectivity index is 0.000000892. The van der Waals surface area contributed by atoms with Crippen molar-refractivity contribution in [2.75, 3.05) is 13.2 Å². The summed E-state index contributed by atoms with van der Waals surface area (Å²) in [5.41, 5.74) is 5.71. The molecule has 0 radical (unpaired) electrons. The molecule has 1 aromatic heterocycles. The molecule has 42 heavy (non-hydrogen) atoms. The average molecular weight is 580 g/mol. The second-order valence-electron chi connectivity index (χ2n) is 9.49. The van der Waals surface area contributed by atoms with E-state index >= 15 is 0 Å². The van der Waals surface area contributed by atoms with Gasteiger partial charge in [0.05, 0.1) is 30.9 Å². The number of ether oxygens (including phenoxy) is 2. The number of unbranched alkanes of at least 4 members (excludes halogenated alkanes) is 2. The summed E-state index contributed by atoms with van der Waals surface area (Å²) in [6, 6.07) is 31.3. The number of halogens is 4. The lowest BCUT2D eigenvalue weighted by molar-refractivity contribution is 0.287. The second-order valence-corrected chi connectivity index (χ2v) is 9.49. The molecule has 0 aliphatic carbocycles. The maximum absolute atomic E-state index is 9.75. The molecular weight excluding hydrogens is 543 g/mol. The van der Waals surface area contributed by atoms with Crippen LogP contribution in [-0.4, -0.2) is 20.5 Å². The highest BCUT2D eigenvalue weighted by atomic mass is 19.5. The summed E-state index contributed by atoms with van der Waals surface area (Å²) < 4.78 is 57.2. The molecule has 4 rings (SSSR count). The van der Waals surface area contributed by atoms with Gasteiger partial charge in [-0.2, -0.15) is 0 Å². The fourth-order valence-corrected chi connectivity index (χ4v) is 4.42. The number of rotatable bonds is 12. The van der Waals surface area contributed by atoms with E-state index in [-0.39, 0.29) is 0 Å². The molecule has 3 aromatic carbocycles. The molecule has 4 aromatic rings. The zero-order valence-corrected chi connectivity index (χ0v) is 24.3. The normalized spacial score (nSPS) is 11.5. The Bertz CT molecular complexity index is 1340. The van der Waals surface area contributed by atoms with Crippen LogP contribution < -0.4 is 9.47 Å². The highest BCUT2D eigenvalue weighted by Gasteiger charge is 2.21. The van der Waals surface area contributed by atoms with E-state index in [4.69, 9.17) is 13.9 Å². The summed E-state index contributed by atoms with van der Waals surface area (Å²) in [5.74, 6) is 3.24.